The molecule has 1 aromatic heterocycles. The highest BCUT2D eigenvalue weighted by Gasteiger charge is 2.34. The van der Waals surface area contributed by atoms with Gasteiger partial charge >= 0.3 is 0 Å². The SMILES string of the molecule is CCOc1ccccc1CN1CC(c2noc(-c3ccc(C)cc3)n2)CC1=O. The smallest absolute Gasteiger partial charge is 0.257 e. The van der Waals surface area contributed by atoms with Crippen LogP contribution in [0.1, 0.15) is 36.2 Å². The van der Waals surface area contributed by atoms with Crippen molar-refractivity contribution in [2.45, 2.75) is 32.7 Å². The molecule has 144 valence electrons. The summed E-state index contributed by atoms with van der Waals surface area (Å²) in [4.78, 5) is 18.9. The molecule has 0 N–H and O–H groups in total. The number of nitrogens with zero attached hydrogens (tertiary/aromatic N) is 3. The molecule has 1 atom stereocenters. The first-order valence-corrected chi connectivity index (χ1v) is 9.53. The number of amides is 1. The molecular weight excluding hydrogens is 354 g/mol. The van der Waals surface area contributed by atoms with Gasteiger partial charge in [-0.15, -0.1) is 0 Å². The highest BCUT2D eigenvalue weighted by molar-refractivity contribution is 5.79. The average molecular weight is 377 g/mol. The van der Waals surface area contributed by atoms with E-state index >= 15 is 0 Å². The van der Waals surface area contributed by atoms with Crippen molar-refractivity contribution in [3.05, 3.63) is 65.5 Å². The normalized spacial score (nSPS) is 16.6. The lowest BCUT2D eigenvalue weighted by Gasteiger charge is -2.18. The second-order valence-corrected chi connectivity index (χ2v) is 7.04. The van der Waals surface area contributed by atoms with Crippen molar-refractivity contribution in [2.24, 2.45) is 0 Å². The largest absolute Gasteiger partial charge is 0.494 e. The fourth-order valence-corrected chi connectivity index (χ4v) is 3.45. The maximum Gasteiger partial charge on any atom is 0.257 e. The molecule has 2 aromatic carbocycles. The van der Waals surface area contributed by atoms with Gasteiger partial charge in [0.15, 0.2) is 5.82 Å². The molecule has 0 spiro atoms. The van der Waals surface area contributed by atoms with Gasteiger partial charge in [-0.2, -0.15) is 4.98 Å². The summed E-state index contributed by atoms with van der Waals surface area (Å²) < 4.78 is 11.1. The lowest BCUT2D eigenvalue weighted by atomic mass is 10.1. The zero-order valence-electron chi connectivity index (χ0n) is 16.1. The van der Waals surface area contributed by atoms with Gasteiger partial charge in [-0.1, -0.05) is 41.1 Å². The number of aromatic nitrogens is 2. The molecule has 4 rings (SSSR count). The zero-order valence-corrected chi connectivity index (χ0v) is 16.1. The molecular formula is C22H23N3O3. The molecule has 6 heteroatoms. The van der Waals surface area contributed by atoms with Gasteiger partial charge in [-0.05, 0) is 32.0 Å². The summed E-state index contributed by atoms with van der Waals surface area (Å²) in [5.41, 5.74) is 3.07. The Hall–Kier alpha value is -3.15. The molecule has 0 aliphatic carbocycles. The first kappa shape index (κ1) is 18.2. The minimum Gasteiger partial charge on any atom is -0.494 e. The first-order chi connectivity index (χ1) is 13.6. The summed E-state index contributed by atoms with van der Waals surface area (Å²) in [7, 11) is 0. The van der Waals surface area contributed by atoms with Crippen LogP contribution in [0.2, 0.25) is 0 Å². The van der Waals surface area contributed by atoms with E-state index < -0.39 is 0 Å². The van der Waals surface area contributed by atoms with Crippen molar-refractivity contribution in [3.63, 3.8) is 0 Å². The third kappa shape index (κ3) is 3.76. The molecule has 3 aromatic rings. The summed E-state index contributed by atoms with van der Waals surface area (Å²) in [6.45, 7) is 5.68. The topological polar surface area (TPSA) is 68.5 Å². The van der Waals surface area contributed by atoms with Crippen LogP contribution in [0.25, 0.3) is 11.5 Å². The Kier molecular flexibility index (Phi) is 5.10. The summed E-state index contributed by atoms with van der Waals surface area (Å²) in [5.74, 6) is 1.93. The van der Waals surface area contributed by atoms with Gasteiger partial charge in [0.05, 0.1) is 6.61 Å². The Morgan fingerprint density at radius 2 is 1.96 bits per heavy atom. The van der Waals surface area contributed by atoms with E-state index in [-0.39, 0.29) is 11.8 Å². The van der Waals surface area contributed by atoms with Gasteiger partial charge < -0.3 is 14.2 Å². The van der Waals surface area contributed by atoms with Crippen LogP contribution in [0.15, 0.2) is 53.1 Å². The standard InChI is InChI=1S/C22H23N3O3/c1-3-27-19-7-5-4-6-17(19)13-25-14-18(12-20(25)26)21-23-22(28-24-21)16-10-8-15(2)9-11-16/h4-11,18H,3,12-14H2,1-2H3. The molecule has 1 saturated heterocycles. The summed E-state index contributed by atoms with van der Waals surface area (Å²) in [6.07, 6.45) is 0.393. The van der Waals surface area contributed by atoms with Gasteiger partial charge in [0.25, 0.3) is 5.89 Å². The number of likely N-dealkylation sites (tertiary alicyclic amines) is 1. The highest BCUT2D eigenvalue weighted by atomic mass is 16.5. The van der Waals surface area contributed by atoms with Gasteiger partial charge in [0, 0.05) is 36.6 Å². The zero-order chi connectivity index (χ0) is 19.5. The number of carbonyl (C=O) groups excluding carboxylic acids is 1. The fourth-order valence-electron chi connectivity index (χ4n) is 3.45. The maximum absolute atomic E-state index is 12.5. The molecule has 28 heavy (non-hydrogen) atoms. The molecule has 1 unspecified atom stereocenters. The molecule has 2 heterocycles. The van der Waals surface area contributed by atoms with Crippen molar-refractivity contribution in [1.29, 1.82) is 0 Å². The summed E-state index contributed by atoms with van der Waals surface area (Å²) in [6, 6.07) is 15.8. The summed E-state index contributed by atoms with van der Waals surface area (Å²) in [5, 5.41) is 4.13. The molecule has 0 bridgehead atoms. The van der Waals surface area contributed by atoms with Crippen LogP contribution >= 0.6 is 0 Å². The van der Waals surface area contributed by atoms with Crippen molar-refractivity contribution < 1.29 is 14.1 Å². The predicted octanol–water partition coefficient (Wildman–Crippen LogP) is 3.96. The molecule has 0 saturated carbocycles. The van der Waals surface area contributed by atoms with Crippen molar-refractivity contribution >= 4 is 5.91 Å². The number of ether oxygens (including phenoxy) is 1. The Morgan fingerprint density at radius 1 is 1.18 bits per heavy atom. The highest BCUT2D eigenvalue weighted by Crippen LogP contribution is 2.30. The second kappa shape index (κ2) is 7.84. The lowest BCUT2D eigenvalue weighted by molar-refractivity contribution is -0.128. The van der Waals surface area contributed by atoms with E-state index in [1.54, 1.807) is 0 Å². The van der Waals surface area contributed by atoms with E-state index in [0.717, 1.165) is 16.9 Å². The van der Waals surface area contributed by atoms with Crippen LogP contribution in [0.5, 0.6) is 5.75 Å². The van der Waals surface area contributed by atoms with Gasteiger partial charge in [-0.25, -0.2) is 0 Å². The van der Waals surface area contributed by atoms with Crippen LogP contribution in [0.4, 0.5) is 0 Å². The van der Waals surface area contributed by atoms with Crippen LogP contribution in [-0.2, 0) is 11.3 Å². The molecule has 6 nitrogen and oxygen atoms in total. The van der Waals surface area contributed by atoms with Crippen LogP contribution < -0.4 is 4.74 Å². The average Bonchev–Trinajstić information content (AvgIpc) is 3.32. The monoisotopic (exact) mass is 377 g/mol. The second-order valence-electron chi connectivity index (χ2n) is 7.04. The maximum atomic E-state index is 12.5. The van der Waals surface area contributed by atoms with Crippen molar-refractivity contribution in [1.82, 2.24) is 15.0 Å². The summed E-state index contributed by atoms with van der Waals surface area (Å²) >= 11 is 0. The Balaban J connectivity index is 1.47. The van der Waals surface area contributed by atoms with E-state index in [1.165, 1.54) is 5.56 Å². The number of hydrogen-bond acceptors (Lipinski definition) is 5. The van der Waals surface area contributed by atoms with Gasteiger partial charge in [0.1, 0.15) is 5.75 Å². The molecule has 1 aliphatic heterocycles. The first-order valence-electron chi connectivity index (χ1n) is 9.53. The number of para-hydroxylation sites is 1. The van der Waals surface area contributed by atoms with Gasteiger partial charge in [0.2, 0.25) is 5.91 Å². The minimum atomic E-state index is -0.0605. The Bertz CT molecular complexity index is 965. The Morgan fingerprint density at radius 3 is 2.75 bits per heavy atom. The van der Waals surface area contributed by atoms with Crippen molar-refractivity contribution in [3.8, 4) is 17.2 Å². The van der Waals surface area contributed by atoms with Crippen LogP contribution in [-0.4, -0.2) is 34.1 Å². The Labute approximate surface area is 164 Å². The number of rotatable bonds is 6. The van der Waals surface area contributed by atoms with E-state index in [9.17, 15) is 4.79 Å². The minimum absolute atomic E-state index is 0.0605. The molecule has 1 fully saturated rings. The quantitative estimate of drug-likeness (QED) is 0.650. The van der Waals surface area contributed by atoms with E-state index in [2.05, 4.69) is 10.1 Å². The van der Waals surface area contributed by atoms with Crippen LogP contribution in [0.3, 0.4) is 0 Å². The van der Waals surface area contributed by atoms with E-state index in [1.807, 2.05) is 67.3 Å². The number of aryl methyl sites for hydroxylation is 1. The van der Waals surface area contributed by atoms with E-state index in [4.69, 9.17) is 9.26 Å². The number of hydrogen-bond donors (Lipinski definition) is 0. The third-order valence-electron chi connectivity index (χ3n) is 4.95. The third-order valence-corrected chi connectivity index (χ3v) is 4.95. The molecule has 0 radical (unpaired) electrons. The molecule has 1 amide bonds. The van der Waals surface area contributed by atoms with Crippen molar-refractivity contribution in [2.75, 3.05) is 13.2 Å². The number of benzene rings is 2. The van der Waals surface area contributed by atoms with Crippen LogP contribution in [0, 0.1) is 6.92 Å². The molecule has 1 aliphatic rings. The predicted molar refractivity (Wildman–Crippen MR) is 105 cm³/mol. The number of carbonyl (C=O) groups is 1. The lowest BCUT2D eigenvalue weighted by Crippen LogP contribution is -2.24. The fraction of sp³-hybridized carbons (Fsp3) is 0.318. The van der Waals surface area contributed by atoms with Gasteiger partial charge in [-0.3, -0.25) is 4.79 Å². The van der Waals surface area contributed by atoms with E-state index in [0.29, 0.717) is 37.8 Å².